The second-order valence-corrected chi connectivity index (χ2v) is 5.91. The van der Waals surface area contributed by atoms with Crippen LogP contribution in [-0.2, 0) is 4.79 Å². The van der Waals surface area contributed by atoms with E-state index in [1.165, 1.54) is 12.1 Å². The van der Waals surface area contributed by atoms with Crippen molar-refractivity contribution < 1.29 is 14.7 Å². The predicted octanol–water partition coefficient (Wildman–Crippen LogP) is 3.27. The number of anilines is 1. The third kappa shape index (κ3) is 4.70. The molecule has 2 aromatic rings. The van der Waals surface area contributed by atoms with E-state index >= 15 is 0 Å². The van der Waals surface area contributed by atoms with Crippen LogP contribution >= 0.6 is 0 Å². The summed E-state index contributed by atoms with van der Waals surface area (Å²) < 4.78 is 0. The van der Waals surface area contributed by atoms with E-state index in [2.05, 4.69) is 17.2 Å². The summed E-state index contributed by atoms with van der Waals surface area (Å²) in [6.07, 6.45) is 0. The van der Waals surface area contributed by atoms with Gasteiger partial charge in [0.15, 0.2) is 0 Å². The number of carbonyl (C=O) groups excluding carboxylic acids is 1. The van der Waals surface area contributed by atoms with E-state index in [0.717, 1.165) is 0 Å². The Kier molecular flexibility index (Phi) is 5.22. The predicted molar refractivity (Wildman–Crippen MR) is 93.8 cm³/mol. The van der Waals surface area contributed by atoms with Gasteiger partial charge in [-0.05, 0) is 50.2 Å². The average Bonchev–Trinajstić information content (AvgIpc) is 2.60. The Morgan fingerprint density at radius 3 is 2.24 bits per heavy atom. The Labute approximate surface area is 145 Å². The molecule has 0 fully saturated rings. The van der Waals surface area contributed by atoms with Crippen LogP contribution in [0.4, 0.5) is 5.69 Å². The first-order valence-corrected chi connectivity index (χ1v) is 7.50. The van der Waals surface area contributed by atoms with E-state index in [1.807, 2.05) is 6.07 Å². The van der Waals surface area contributed by atoms with Crippen LogP contribution in [-0.4, -0.2) is 17.0 Å². The summed E-state index contributed by atoms with van der Waals surface area (Å²) in [5, 5.41) is 20.7. The molecule has 0 bridgehead atoms. The molecule has 0 aliphatic heterocycles. The van der Waals surface area contributed by atoms with Gasteiger partial charge in [-0.1, -0.05) is 24.0 Å². The monoisotopic (exact) mass is 332 g/mol. The summed E-state index contributed by atoms with van der Waals surface area (Å²) >= 11 is 0. The summed E-state index contributed by atoms with van der Waals surface area (Å²) in [6, 6.07) is 15.2. The molecule has 0 aliphatic rings. The highest BCUT2D eigenvalue weighted by molar-refractivity contribution is 5.96. The largest absolute Gasteiger partial charge is 0.478 e. The molecule has 2 rings (SSSR count). The molecule has 0 spiro atoms. The highest BCUT2D eigenvalue weighted by Gasteiger charge is 2.27. The topological polar surface area (TPSA) is 90.2 Å². The molecule has 0 saturated heterocycles. The molecule has 2 N–H and O–H groups in total. The fourth-order valence-electron chi connectivity index (χ4n) is 1.89. The number of rotatable bonds is 3. The fourth-order valence-corrected chi connectivity index (χ4v) is 1.89. The number of hydrogen-bond acceptors (Lipinski definition) is 3. The van der Waals surface area contributed by atoms with Gasteiger partial charge < -0.3 is 10.4 Å². The van der Waals surface area contributed by atoms with Crippen LogP contribution in [0.5, 0.6) is 0 Å². The van der Waals surface area contributed by atoms with Gasteiger partial charge in [-0.3, -0.25) is 4.79 Å². The lowest BCUT2D eigenvalue weighted by Gasteiger charge is -2.15. The van der Waals surface area contributed by atoms with Crippen LogP contribution in [0, 0.1) is 28.6 Å². The molecule has 5 nitrogen and oxygen atoms in total. The van der Waals surface area contributed by atoms with Crippen LogP contribution in [0.2, 0.25) is 0 Å². The van der Waals surface area contributed by atoms with Crippen molar-refractivity contribution >= 4 is 17.6 Å². The first kappa shape index (κ1) is 17.8. The van der Waals surface area contributed by atoms with Crippen LogP contribution in [0.1, 0.15) is 35.3 Å². The fraction of sp³-hybridized carbons (Fsp3) is 0.150. The van der Waals surface area contributed by atoms with E-state index in [-0.39, 0.29) is 5.56 Å². The van der Waals surface area contributed by atoms with Crippen LogP contribution in [0.15, 0.2) is 48.5 Å². The molecule has 1 amide bonds. The van der Waals surface area contributed by atoms with Crippen LogP contribution in [0.3, 0.4) is 0 Å². The molecule has 25 heavy (non-hydrogen) atoms. The highest BCUT2D eigenvalue weighted by atomic mass is 16.4. The molecule has 5 heteroatoms. The SMILES string of the molecule is CC(C)(C#N)C(=O)Nc1cccc(C#Cc2cccc(C(=O)O)c2)c1. The third-order valence-corrected chi connectivity index (χ3v) is 3.43. The first-order chi connectivity index (χ1) is 11.8. The van der Waals surface area contributed by atoms with Gasteiger partial charge in [-0.25, -0.2) is 4.79 Å². The number of benzene rings is 2. The maximum atomic E-state index is 12.0. The number of carbonyl (C=O) groups is 2. The maximum absolute atomic E-state index is 12.0. The summed E-state index contributed by atoms with van der Waals surface area (Å²) in [5.74, 6) is 4.43. The minimum absolute atomic E-state index is 0.173. The Morgan fingerprint density at radius 1 is 1.04 bits per heavy atom. The standard InChI is InChI=1S/C20H16N2O3/c1-20(2,13-21)19(25)22-17-8-4-6-15(12-17)10-9-14-5-3-7-16(11-14)18(23)24/h3-8,11-12H,1-2H3,(H,22,25)(H,23,24). The quantitative estimate of drug-likeness (QED) is 0.844. The molecule has 0 heterocycles. The summed E-state index contributed by atoms with van der Waals surface area (Å²) in [7, 11) is 0. The van der Waals surface area contributed by atoms with E-state index < -0.39 is 17.3 Å². The Hall–Kier alpha value is -3.57. The van der Waals surface area contributed by atoms with E-state index in [9.17, 15) is 9.59 Å². The number of nitrogens with zero attached hydrogens (tertiary/aromatic N) is 1. The van der Waals surface area contributed by atoms with E-state index in [4.69, 9.17) is 10.4 Å². The number of amides is 1. The van der Waals surface area contributed by atoms with Gasteiger partial charge in [0.1, 0.15) is 5.41 Å². The van der Waals surface area contributed by atoms with Gasteiger partial charge in [-0.2, -0.15) is 5.26 Å². The minimum atomic E-state index is -1.13. The lowest BCUT2D eigenvalue weighted by Crippen LogP contribution is -2.29. The number of nitrogens with one attached hydrogen (secondary N) is 1. The number of aromatic carboxylic acids is 1. The molecule has 0 aromatic heterocycles. The molecule has 2 aromatic carbocycles. The van der Waals surface area contributed by atoms with Crippen molar-refractivity contribution in [3.63, 3.8) is 0 Å². The van der Waals surface area contributed by atoms with Gasteiger partial charge in [-0.15, -0.1) is 0 Å². The minimum Gasteiger partial charge on any atom is -0.478 e. The Balaban J connectivity index is 2.21. The first-order valence-electron chi connectivity index (χ1n) is 7.50. The van der Waals surface area contributed by atoms with E-state index in [0.29, 0.717) is 16.8 Å². The third-order valence-electron chi connectivity index (χ3n) is 3.43. The van der Waals surface area contributed by atoms with Crippen molar-refractivity contribution in [3.05, 3.63) is 65.2 Å². The zero-order chi connectivity index (χ0) is 18.4. The zero-order valence-electron chi connectivity index (χ0n) is 13.8. The maximum Gasteiger partial charge on any atom is 0.335 e. The van der Waals surface area contributed by atoms with Crippen LogP contribution < -0.4 is 5.32 Å². The van der Waals surface area contributed by atoms with Crippen molar-refractivity contribution in [1.82, 2.24) is 0 Å². The van der Waals surface area contributed by atoms with Gasteiger partial charge in [0, 0.05) is 16.8 Å². The number of nitriles is 1. The summed E-state index contributed by atoms with van der Waals surface area (Å²) in [6.45, 7) is 3.09. The molecular weight excluding hydrogens is 316 g/mol. The van der Waals surface area contributed by atoms with Crippen molar-refractivity contribution in [1.29, 1.82) is 5.26 Å². The Morgan fingerprint density at radius 2 is 1.64 bits per heavy atom. The lowest BCUT2D eigenvalue weighted by atomic mass is 9.94. The van der Waals surface area contributed by atoms with Crippen molar-refractivity contribution in [2.75, 3.05) is 5.32 Å². The van der Waals surface area contributed by atoms with Crippen molar-refractivity contribution in [2.24, 2.45) is 5.41 Å². The molecule has 0 atom stereocenters. The smallest absolute Gasteiger partial charge is 0.335 e. The number of carboxylic acid groups (broad SMARTS) is 1. The van der Waals surface area contributed by atoms with Crippen molar-refractivity contribution in [2.45, 2.75) is 13.8 Å². The summed E-state index contributed by atoms with van der Waals surface area (Å²) in [5.41, 5.74) is 0.832. The molecule has 0 unspecified atom stereocenters. The molecule has 0 saturated carbocycles. The second kappa shape index (κ2) is 7.33. The van der Waals surface area contributed by atoms with Gasteiger partial charge in [0.2, 0.25) is 5.91 Å². The molecule has 124 valence electrons. The van der Waals surface area contributed by atoms with Gasteiger partial charge in [0.05, 0.1) is 11.6 Å². The second-order valence-electron chi connectivity index (χ2n) is 5.91. The van der Waals surface area contributed by atoms with Crippen molar-refractivity contribution in [3.8, 4) is 17.9 Å². The number of carboxylic acids is 1. The summed E-state index contributed by atoms with van der Waals surface area (Å²) in [4.78, 5) is 23.0. The number of hydrogen-bond donors (Lipinski definition) is 2. The normalized spacial score (nSPS) is 10.1. The molecule has 0 radical (unpaired) electrons. The van der Waals surface area contributed by atoms with Gasteiger partial charge >= 0.3 is 5.97 Å². The molecular formula is C20H16N2O3. The average molecular weight is 332 g/mol. The molecule has 0 aliphatic carbocycles. The van der Waals surface area contributed by atoms with Crippen LogP contribution in [0.25, 0.3) is 0 Å². The Bertz CT molecular complexity index is 928. The zero-order valence-corrected chi connectivity index (χ0v) is 13.8. The highest BCUT2D eigenvalue weighted by Crippen LogP contribution is 2.18. The lowest BCUT2D eigenvalue weighted by molar-refractivity contribution is -0.121. The van der Waals surface area contributed by atoms with E-state index in [1.54, 1.807) is 50.2 Å². The van der Waals surface area contributed by atoms with Gasteiger partial charge in [0.25, 0.3) is 0 Å².